The molecule has 0 bridgehead atoms. The third-order valence-electron chi connectivity index (χ3n) is 3.83. The number of aryl methyl sites for hydroxylation is 1. The van der Waals surface area contributed by atoms with Gasteiger partial charge in [-0.3, -0.25) is 9.48 Å². The lowest BCUT2D eigenvalue weighted by Gasteiger charge is -2.33. The van der Waals surface area contributed by atoms with Gasteiger partial charge in [0.1, 0.15) is 11.3 Å². The summed E-state index contributed by atoms with van der Waals surface area (Å²) in [6, 6.07) is 0. The minimum Gasteiger partial charge on any atom is -0.382 e. The molecule has 1 aromatic heterocycles. The third kappa shape index (κ3) is 2.31. The maximum absolute atomic E-state index is 12.5. The Morgan fingerprint density at radius 3 is 2.78 bits per heavy atom. The first-order chi connectivity index (χ1) is 8.48. The fourth-order valence-electron chi connectivity index (χ4n) is 2.52. The van der Waals surface area contributed by atoms with Crippen LogP contribution in [0.2, 0.25) is 5.02 Å². The third-order valence-corrected chi connectivity index (χ3v) is 4.11. The Hall–Kier alpha value is -0.870. The van der Waals surface area contributed by atoms with Crippen molar-refractivity contribution in [3.05, 3.63) is 16.9 Å². The number of hydrogen-bond donors (Lipinski definition) is 1. The number of Topliss-reactive ketones (excluding diaryl/α,β-unsaturated/α-hetero) is 1. The molecule has 1 N–H and O–H groups in total. The first-order valence-corrected chi connectivity index (χ1v) is 6.84. The van der Waals surface area contributed by atoms with E-state index in [0.717, 1.165) is 12.8 Å². The summed E-state index contributed by atoms with van der Waals surface area (Å²) in [6.07, 6.45) is 4.24. The fourth-order valence-corrected chi connectivity index (χ4v) is 2.74. The summed E-state index contributed by atoms with van der Waals surface area (Å²) in [7, 11) is 0. The van der Waals surface area contributed by atoms with Gasteiger partial charge in [0.15, 0.2) is 0 Å². The molecule has 1 fully saturated rings. The van der Waals surface area contributed by atoms with Crippen molar-refractivity contribution >= 4 is 17.4 Å². The average Bonchev–Trinajstić information content (AvgIpc) is 2.73. The molecule has 0 saturated heterocycles. The van der Waals surface area contributed by atoms with Gasteiger partial charge in [0, 0.05) is 6.54 Å². The summed E-state index contributed by atoms with van der Waals surface area (Å²) in [5.41, 5.74) is -0.917. The van der Waals surface area contributed by atoms with E-state index in [0.29, 0.717) is 36.0 Å². The second-order valence-electron chi connectivity index (χ2n) is 5.20. The Morgan fingerprint density at radius 1 is 1.61 bits per heavy atom. The lowest BCUT2D eigenvalue weighted by Crippen LogP contribution is -2.43. The number of nitrogens with zero attached hydrogens (tertiary/aromatic N) is 2. The van der Waals surface area contributed by atoms with E-state index in [1.54, 1.807) is 4.68 Å². The smallest absolute Gasteiger partial charge is 0.213 e. The fraction of sp³-hybridized carbons (Fsp3) is 0.692. The van der Waals surface area contributed by atoms with Gasteiger partial charge >= 0.3 is 0 Å². The normalized spacial score (nSPS) is 28.3. The topological polar surface area (TPSA) is 55.1 Å². The number of carbonyl (C=O) groups excluding carboxylic acids is 1. The molecule has 0 spiro atoms. The predicted octanol–water partition coefficient (Wildman–Crippen LogP) is 2.68. The highest BCUT2D eigenvalue weighted by Crippen LogP contribution is 2.35. The molecule has 1 aliphatic carbocycles. The lowest BCUT2D eigenvalue weighted by molar-refractivity contribution is 0.00339. The van der Waals surface area contributed by atoms with E-state index >= 15 is 0 Å². The first-order valence-electron chi connectivity index (χ1n) is 6.46. The maximum Gasteiger partial charge on any atom is 0.213 e. The van der Waals surface area contributed by atoms with Crippen LogP contribution < -0.4 is 0 Å². The number of ketones is 1. The second-order valence-corrected chi connectivity index (χ2v) is 5.61. The second kappa shape index (κ2) is 5.02. The Balaban J connectivity index is 2.28. The van der Waals surface area contributed by atoms with Gasteiger partial charge in [0.25, 0.3) is 0 Å². The lowest BCUT2D eigenvalue weighted by atomic mass is 9.76. The zero-order chi connectivity index (χ0) is 13.3. The Bertz CT molecular complexity index is 448. The summed E-state index contributed by atoms with van der Waals surface area (Å²) in [5, 5.41) is 14.9. The van der Waals surface area contributed by atoms with Gasteiger partial charge in [-0.25, -0.2) is 0 Å². The van der Waals surface area contributed by atoms with Crippen LogP contribution in [0.3, 0.4) is 0 Å². The summed E-state index contributed by atoms with van der Waals surface area (Å²) < 4.78 is 1.56. The number of rotatable bonds is 3. The molecular weight excluding hydrogens is 252 g/mol. The molecule has 0 aromatic carbocycles. The zero-order valence-electron chi connectivity index (χ0n) is 10.8. The summed E-state index contributed by atoms with van der Waals surface area (Å²) in [4.78, 5) is 12.5. The van der Waals surface area contributed by atoms with Gasteiger partial charge in [0.05, 0.1) is 11.2 Å². The van der Waals surface area contributed by atoms with Crippen LogP contribution >= 0.6 is 11.6 Å². The Morgan fingerprint density at radius 2 is 2.22 bits per heavy atom. The highest BCUT2D eigenvalue weighted by molar-refractivity contribution is 6.34. The van der Waals surface area contributed by atoms with E-state index in [9.17, 15) is 9.90 Å². The van der Waals surface area contributed by atoms with Crippen LogP contribution in [0.25, 0.3) is 0 Å². The average molecular weight is 271 g/mol. The monoisotopic (exact) mass is 270 g/mol. The maximum atomic E-state index is 12.5. The minimum atomic E-state index is -1.26. The van der Waals surface area contributed by atoms with Crippen LogP contribution in [0.15, 0.2) is 6.20 Å². The minimum absolute atomic E-state index is 0.279. The van der Waals surface area contributed by atoms with Crippen LogP contribution in [-0.4, -0.2) is 26.3 Å². The van der Waals surface area contributed by atoms with Crippen molar-refractivity contribution in [1.29, 1.82) is 0 Å². The van der Waals surface area contributed by atoms with Crippen molar-refractivity contribution in [3.63, 3.8) is 0 Å². The molecule has 1 heterocycles. The summed E-state index contributed by atoms with van der Waals surface area (Å²) in [5.74, 6) is 0.295. The highest BCUT2D eigenvalue weighted by atomic mass is 35.5. The van der Waals surface area contributed by atoms with Crippen molar-refractivity contribution in [3.8, 4) is 0 Å². The SMILES string of the molecule is CCn1ncc(Cl)c1C(=O)C1(O)CCC(C)CC1. The van der Waals surface area contributed by atoms with Gasteiger partial charge in [-0.1, -0.05) is 18.5 Å². The van der Waals surface area contributed by atoms with Crippen LogP contribution in [0.5, 0.6) is 0 Å². The molecule has 1 aromatic rings. The van der Waals surface area contributed by atoms with E-state index in [4.69, 9.17) is 11.6 Å². The number of carbonyl (C=O) groups is 1. The summed E-state index contributed by atoms with van der Waals surface area (Å²) >= 11 is 6.01. The molecule has 0 amide bonds. The molecule has 4 nitrogen and oxygen atoms in total. The molecular formula is C13H19ClN2O2. The Labute approximate surface area is 112 Å². The molecule has 0 unspecified atom stereocenters. The van der Waals surface area contributed by atoms with Gasteiger partial charge in [-0.05, 0) is 38.5 Å². The van der Waals surface area contributed by atoms with Crippen molar-refractivity contribution in [2.24, 2.45) is 5.92 Å². The van der Waals surface area contributed by atoms with Gasteiger partial charge < -0.3 is 5.11 Å². The number of aromatic nitrogens is 2. The van der Waals surface area contributed by atoms with Gasteiger partial charge in [0.2, 0.25) is 5.78 Å². The van der Waals surface area contributed by atoms with Crippen molar-refractivity contribution in [2.75, 3.05) is 0 Å². The largest absolute Gasteiger partial charge is 0.382 e. The molecule has 1 saturated carbocycles. The van der Waals surface area contributed by atoms with E-state index in [1.165, 1.54) is 6.20 Å². The van der Waals surface area contributed by atoms with Gasteiger partial charge in [-0.2, -0.15) is 5.10 Å². The zero-order valence-corrected chi connectivity index (χ0v) is 11.6. The van der Waals surface area contributed by atoms with Crippen molar-refractivity contribution < 1.29 is 9.90 Å². The summed E-state index contributed by atoms with van der Waals surface area (Å²) in [6.45, 7) is 4.61. The number of halogens is 1. The molecule has 0 atom stereocenters. The number of aliphatic hydroxyl groups is 1. The molecule has 2 rings (SSSR count). The van der Waals surface area contributed by atoms with Crippen LogP contribution in [-0.2, 0) is 6.54 Å². The predicted molar refractivity (Wildman–Crippen MR) is 69.8 cm³/mol. The van der Waals surface area contributed by atoms with Crippen molar-refractivity contribution in [1.82, 2.24) is 9.78 Å². The standard InChI is InChI=1S/C13H19ClN2O2/c1-3-16-11(10(14)8-15-16)12(17)13(18)6-4-9(2)5-7-13/h8-9,18H,3-7H2,1-2H3. The van der Waals surface area contributed by atoms with Crippen LogP contribution in [0, 0.1) is 5.92 Å². The quantitative estimate of drug-likeness (QED) is 0.859. The molecule has 5 heteroatoms. The van der Waals surface area contributed by atoms with Crippen molar-refractivity contribution in [2.45, 2.75) is 51.7 Å². The number of hydrogen-bond acceptors (Lipinski definition) is 3. The van der Waals surface area contributed by atoms with E-state index < -0.39 is 5.60 Å². The van der Waals surface area contributed by atoms with E-state index in [2.05, 4.69) is 12.0 Å². The first kappa shape index (κ1) is 13.6. The molecule has 18 heavy (non-hydrogen) atoms. The highest BCUT2D eigenvalue weighted by Gasteiger charge is 2.41. The molecule has 1 aliphatic rings. The van der Waals surface area contributed by atoms with Crippen LogP contribution in [0.1, 0.15) is 50.0 Å². The molecule has 0 aliphatic heterocycles. The van der Waals surface area contributed by atoms with E-state index in [-0.39, 0.29) is 5.78 Å². The van der Waals surface area contributed by atoms with Gasteiger partial charge in [-0.15, -0.1) is 0 Å². The molecule has 0 radical (unpaired) electrons. The molecule has 100 valence electrons. The van der Waals surface area contributed by atoms with Crippen LogP contribution in [0.4, 0.5) is 0 Å². The Kier molecular flexibility index (Phi) is 3.78. The van der Waals surface area contributed by atoms with E-state index in [1.807, 2.05) is 6.92 Å².